The van der Waals surface area contributed by atoms with Crippen LogP contribution in [0.15, 0.2) is 0 Å². The molecule has 102 valence electrons. The van der Waals surface area contributed by atoms with E-state index < -0.39 is 5.97 Å². The van der Waals surface area contributed by atoms with Crippen molar-refractivity contribution in [1.82, 2.24) is 4.90 Å². The number of carboxylic acid groups (broad SMARTS) is 1. The van der Waals surface area contributed by atoms with Crippen molar-refractivity contribution >= 4 is 23.6 Å². The summed E-state index contributed by atoms with van der Waals surface area (Å²) in [5, 5.41) is 9.01. The van der Waals surface area contributed by atoms with E-state index in [0.29, 0.717) is 5.75 Å². The Kier molecular flexibility index (Phi) is 4.20. The van der Waals surface area contributed by atoms with E-state index in [1.807, 2.05) is 4.90 Å². The number of carboxylic acids is 1. The first kappa shape index (κ1) is 13.7. The summed E-state index contributed by atoms with van der Waals surface area (Å²) in [5.74, 6) is 1.02. The number of hydrogen-bond donors (Lipinski definition) is 1. The summed E-state index contributed by atoms with van der Waals surface area (Å²) in [4.78, 5) is 24.8. The highest BCUT2D eigenvalue weighted by atomic mass is 32.2. The molecule has 2 rings (SSSR count). The number of carbonyl (C=O) groups is 2. The van der Waals surface area contributed by atoms with Gasteiger partial charge in [-0.2, -0.15) is 11.8 Å². The minimum absolute atomic E-state index is 0.0270. The highest BCUT2D eigenvalue weighted by Gasteiger charge is 2.59. The second-order valence-corrected chi connectivity index (χ2v) is 6.50. The normalized spacial score (nSPS) is 25.2. The van der Waals surface area contributed by atoms with Crippen molar-refractivity contribution in [2.24, 2.45) is 11.3 Å². The van der Waals surface area contributed by atoms with E-state index in [2.05, 4.69) is 6.92 Å². The fraction of sp³-hybridized carbons (Fsp3) is 0.846. The molecule has 1 saturated heterocycles. The van der Waals surface area contributed by atoms with Gasteiger partial charge in [-0.25, -0.2) is 0 Å². The molecule has 1 spiro atoms. The van der Waals surface area contributed by atoms with Crippen molar-refractivity contribution in [3.05, 3.63) is 0 Å². The molecule has 1 heterocycles. The molecule has 0 bridgehead atoms. The number of hydrogen-bond acceptors (Lipinski definition) is 3. The lowest BCUT2D eigenvalue weighted by Crippen LogP contribution is -2.40. The van der Waals surface area contributed by atoms with Crippen molar-refractivity contribution in [1.29, 1.82) is 0 Å². The number of amides is 1. The molecule has 0 radical (unpaired) electrons. The summed E-state index contributed by atoms with van der Waals surface area (Å²) in [6.45, 7) is 3.60. The molecule has 0 aromatic carbocycles. The van der Waals surface area contributed by atoms with Crippen LogP contribution in [-0.2, 0) is 9.59 Å². The summed E-state index contributed by atoms with van der Waals surface area (Å²) < 4.78 is 0. The number of nitrogens with zero attached hydrogens (tertiary/aromatic N) is 1. The molecule has 18 heavy (non-hydrogen) atoms. The number of carbonyl (C=O) groups excluding carboxylic acids is 1. The van der Waals surface area contributed by atoms with Crippen LogP contribution in [0.3, 0.4) is 0 Å². The second kappa shape index (κ2) is 5.51. The largest absolute Gasteiger partial charge is 0.481 e. The molecule has 1 amide bonds. The van der Waals surface area contributed by atoms with Gasteiger partial charge in [0, 0.05) is 13.1 Å². The SMILES string of the molecule is CCCSCC(=O)N1CCC2(CC1)CC2C(=O)O. The average Bonchev–Trinajstić information content (AvgIpc) is 3.05. The van der Waals surface area contributed by atoms with Crippen LogP contribution in [0.5, 0.6) is 0 Å². The quantitative estimate of drug-likeness (QED) is 0.775. The van der Waals surface area contributed by atoms with Gasteiger partial charge in [0.05, 0.1) is 11.7 Å². The van der Waals surface area contributed by atoms with Gasteiger partial charge < -0.3 is 10.0 Å². The molecule has 1 N–H and O–H groups in total. The second-order valence-electron chi connectivity index (χ2n) is 5.39. The van der Waals surface area contributed by atoms with Gasteiger partial charge in [-0.3, -0.25) is 9.59 Å². The Balaban J connectivity index is 1.74. The molecule has 1 aliphatic heterocycles. The van der Waals surface area contributed by atoms with E-state index in [1.54, 1.807) is 11.8 Å². The van der Waals surface area contributed by atoms with E-state index in [0.717, 1.165) is 44.5 Å². The van der Waals surface area contributed by atoms with Gasteiger partial charge in [-0.15, -0.1) is 0 Å². The van der Waals surface area contributed by atoms with Gasteiger partial charge in [0.15, 0.2) is 0 Å². The van der Waals surface area contributed by atoms with Gasteiger partial charge in [-0.05, 0) is 36.9 Å². The predicted molar refractivity (Wildman–Crippen MR) is 71.6 cm³/mol. The first-order valence-electron chi connectivity index (χ1n) is 6.67. The highest BCUT2D eigenvalue weighted by molar-refractivity contribution is 7.99. The van der Waals surface area contributed by atoms with E-state index in [-0.39, 0.29) is 17.2 Å². The van der Waals surface area contributed by atoms with Crippen LogP contribution in [0.25, 0.3) is 0 Å². The number of rotatable bonds is 5. The Labute approximate surface area is 112 Å². The third kappa shape index (κ3) is 2.82. The molecular formula is C13H21NO3S. The van der Waals surface area contributed by atoms with Crippen molar-refractivity contribution in [3.8, 4) is 0 Å². The third-order valence-electron chi connectivity index (χ3n) is 4.17. The maximum absolute atomic E-state index is 11.9. The lowest BCUT2D eigenvalue weighted by atomic mass is 9.91. The Morgan fingerprint density at radius 3 is 2.56 bits per heavy atom. The maximum Gasteiger partial charge on any atom is 0.307 e. The van der Waals surface area contributed by atoms with Gasteiger partial charge in [-0.1, -0.05) is 6.92 Å². The average molecular weight is 271 g/mol. The van der Waals surface area contributed by atoms with Crippen LogP contribution >= 0.6 is 11.8 Å². The summed E-state index contributed by atoms with van der Waals surface area (Å²) >= 11 is 1.69. The van der Waals surface area contributed by atoms with Crippen LogP contribution in [0, 0.1) is 11.3 Å². The fourth-order valence-electron chi connectivity index (χ4n) is 2.85. The lowest BCUT2D eigenvalue weighted by Gasteiger charge is -2.32. The summed E-state index contributed by atoms with van der Waals surface area (Å²) in [6.07, 6.45) is 3.65. The van der Waals surface area contributed by atoms with E-state index in [4.69, 9.17) is 5.11 Å². The Hall–Kier alpha value is -0.710. The molecular weight excluding hydrogens is 250 g/mol. The monoisotopic (exact) mass is 271 g/mol. The zero-order valence-electron chi connectivity index (χ0n) is 10.9. The zero-order valence-corrected chi connectivity index (χ0v) is 11.7. The van der Waals surface area contributed by atoms with E-state index in [1.165, 1.54) is 0 Å². The predicted octanol–water partition coefficient (Wildman–Crippen LogP) is 1.84. The Morgan fingerprint density at radius 2 is 2.06 bits per heavy atom. The zero-order chi connectivity index (χ0) is 13.2. The summed E-state index contributed by atoms with van der Waals surface area (Å²) in [5.41, 5.74) is 0.0270. The van der Waals surface area contributed by atoms with Crippen LogP contribution < -0.4 is 0 Å². The fourth-order valence-corrected chi connectivity index (χ4v) is 3.64. The van der Waals surface area contributed by atoms with Gasteiger partial charge in [0.2, 0.25) is 5.91 Å². The van der Waals surface area contributed by atoms with Crippen LogP contribution in [-0.4, -0.2) is 46.5 Å². The molecule has 1 unspecified atom stereocenters. The molecule has 2 aliphatic rings. The molecule has 5 heteroatoms. The van der Waals surface area contributed by atoms with Crippen molar-refractivity contribution in [3.63, 3.8) is 0 Å². The standard InChI is InChI=1S/C13H21NO3S/c1-2-7-18-9-11(15)14-5-3-13(4-6-14)8-10(13)12(16)17/h10H,2-9H2,1H3,(H,16,17). The first-order valence-corrected chi connectivity index (χ1v) is 7.83. The van der Waals surface area contributed by atoms with E-state index >= 15 is 0 Å². The summed E-state index contributed by atoms with van der Waals surface area (Å²) in [6, 6.07) is 0. The molecule has 0 aromatic heterocycles. The highest BCUT2D eigenvalue weighted by Crippen LogP contribution is 2.59. The smallest absolute Gasteiger partial charge is 0.307 e. The van der Waals surface area contributed by atoms with E-state index in [9.17, 15) is 9.59 Å². The molecule has 2 fully saturated rings. The minimum atomic E-state index is -0.659. The minimum Gasteiger partial charge on any atom is -0.481 e. The van der Waals surface area contributed by atoms with Crippen molar-refractivity contribution in [2.75, 3.05) is 24.6 Å². The topological polar surface area (TPSA) is 57.6 Å². The third-order valence-corrected chi connectivity index (χ3v) is 5.32. The maximum atomic E-state index is 11.9. The van der Waals surface area contributed by atoms with Gasteiger partial charge in [0.25, 0.3) is 0 Å². The van der Waals surface area contributed by atoms with Gasteiger partial charge in [0.1, 0.15) is 0 Å². The molecule has 1 aliphatic carbocycles. The van der Waals surface area contributed by atoms with Crippen LogP contribution in [0.2, 0.25) is 0 Å². The summed E-state index contributed by atoms with van der Waals surface area (Å²) in [7, 11) is 0. The van der Waals surface area contributed by atoms with Crippen molar-refractivity contribution < 1.29 is 14.7 Å². The van der Waals surface area contributed by atoms with Crippen LogP contribution in [0.1, 0.15) is 32.6 Å². The number of thioether (sulfide) groups is 1. The van der Waals surface area contributed by atoms with Gasteiger partial charge >= 0.3 is 5.97 Å². The lowest BCUT2D eigenvalue weighted by molar-refractivity contribution is -0.139. The van der Waals surface area contributed by atoms with Crippen molar-refractivity contribution in [2.45, 2.75) is 32.6 Å². The number of piperidine rings is 1. The Morgan fingerprint density at radius 1 is 1.39 bits per heavy atom. The molecule has 1 atom stereocenters. The Bertz CT molecular complexity index is 337. The molecule has 0 aromatic rings. The first-order chi connectivity index (χ1) is 8.59. The number of likely N-dealkylation sites (tertiary alicyclic amines) is 1. The number of aliphatic carboxylic acids is 1. The molecule has 1 saturated carbocycles. The van der Waals surface area contributed by atoms with Crippen LogP contribution in [0.4, 0.5) is 0 Å². The molecule has 4 nitrogen and oxygen atoms in total.